The highest BCUT2D eigenvalue weighted by molar-refractivity contribution is 14.1. The predicted octanol–water partition coefficient (Wildman–Crippen LogP) is 4.64. The van der Waals surface area contributed by atoms with Gasteiger partial charge >= 0.3 is 0 Å². The van der Waals surface area contributed by atoms with E-state index in [1.807, 2.05) is 69.4 Å². The van der Waals surface area contributed by atoms with Gasteiger partial charge in [-0.1, -0.05) is 26.0 Å². The maximum Gasteiger partial charge on any atom is 0.277 e. The molecule has 1 amide bonds. The van der Waals surface area contributed by atoms with Crippen LogP contribution in [0.15, 0.2) is 41.5 Å². The van der Waals surface area contributed by atoms with Gasteiger partial charge in [0.2, 0.25) is 0 Å². The molecule has 26 heavy (non-hydrogen) atoms. The number of rotatable bonds is 7. The molecule has 2 N–H and O–H groups in total. The third-order valence-electron chi connectivity index (χ3n) is 3.87. The number of benzene rings is 2. The lowest BCUT2D eigenvalue weighted by Gasteiger charge is -2.10. The van der Waals surface area contributed by atoms with Gasteiger partial charge in [0.25, 0.3) is 5.91 Å². The summed E-state index contributed by atoms with van der Waals surface area (Å²) in [5.74, 6) is 1.07. The lowest BCUT2D eigenvalue weighted by molar-refractivity contribution is -0.123. The minimum Gasteiger partial charge on any atom is -0.506 e. The molecule has 0 saturated heterocycles. The zero-order valence-electron chi connectivity index (χ0n) is 14.5. The average molecular weight is 578 g/mol. The van der Waals surface area contributed by atoms with Crippen molar-refractivity contribution in [3.05, 3.63) is 54.7 Å². The summed E-state index contributed by atoms with van der Waals surface area (Å²) in [5.41, 5.74) is 4.48. The van der Waals surface area contributed by atoms with Crippen LogP contribution in [0.1, 0.15) is 37.3 Å². The Kier molecular flexibility index (Phi) is 8.14. The topological polar surface area (TPSA) is 70.9 Å². The number of ether oxygens (including phenoxy) is 1. The molecule has 138 valence electrons. The number of amides is 1. The third-order valence-corrected chi connectivity index (χ3v) is 5.52. The summed E-state index contributed by atoms with van der Waals surface area (Å²) in [4.78, 5) is 11.8. The monoisotopic (exact) mass is 578 g/mol. The van der Waals surface area contributed by atoms with Gasteiger partial charge in [0.15, 0.2) is 6.61 Å². The Hall–Kier alpha value is -1.36. The molecule has 0 saturated carbocycles. The number of phenolic OH excluding ortho intramolecular Hbond substituents is 1. The molecule has 0 aliphatic carbocycles. The molecule has 0 spiro atoms. The van der Waals surface area contributed by atoms with Gasteiger partial charge in [-0.2, -0.15) is 5.10 Å². The van der Waals surface area contributed by atoms with Crippen LogP contribution in [0.3, 0.4) is 0 Å². The van der Waals surface area contributed by atoms with Crippen molar-refractivity contribution in [2.45, 2.75) is 26.2 Å². The fourth-order valence-corrected chi connectivity index (χ4v) is 3.96. The molecule has 1 unspecified atom stereocenters. The molecule has 0 aliphatic rings. The van der Waals surface area contributed by atoms with Gasteiger partial charge in [0.1, 0.15) is 11.5 Å². The highest BCUT2D eigenvalue weighted by atomic mass is 127. The van der Waals surface area contributed by atoms with E-state index in [1.165, 1.54) is 11.8 Å². The lowest BCUT2D eigenvalue weighted by atomic mass is 9.99. The number of hydrazone groups is 1. The van der Waals surface area contributed by atoms with Crippen molar-refractivity contribution < 1.29 is 14.6 Å². The van der Waals surface area contributed by atoms with Crippen molar-refractivity contribution in [3.63, 3.8) is 0 Å². The van der Waals surface area contributed by atoms with E-state index in [4.69, 9.17) is 4.74 Å². The van der Waals surface area contributed by atoms with E-state index in [0.29, 0.717) is 11.7 Å². The molecular formula is C19H20I2N2O3. The van der Waals surface area contributed by atoms with Crippen LogP contribution in [0.25, 0.3) is 0 Å². The maximum atomic E-state index is 11.8. The second-order valence-electron chi connectivity index (χ2n) is 5.79. The summed E-state index contributed by atoms with van der Waals surface area (Å²) in [6.07, 6.45) is 2.61. The van der Waals surface area contributed by atoms with Crippen molar-refractivity contribution in [1.29, 1.82) is 0 Å². The van der Waals surface area contributed by atoms with Gasteiger partial charge in [0.05, 0.1) is 13.4 Å². The second kappa shape index (κ2) is 10.1. The van der Waals surface area contributed by atoms with E-state index in [9.17, 15) is 9.90 Å². The van der Waals surface area contributed by atoms with E-state index < -0.39 is 0 Å². The number of hydrogen-bond donors (Lipinski definition) is 2. The number of nitrogens with zero attached hydrogens (tertiary/aromatic N) is 1. The summed E-state index contributed by atoms with van der Waals surface area (Å²) >= 11 is 4.09. The second-order valence-corrected chi connectivity index (χ2v) is 8.12. The van der Waals surface area contributed by atoms with Crippen LogP contribution >= 0.6 is 45.2 Å². The summed E-state index contributed by atoms with van der Waals surface area (Å²) in [6.45, 7) is 4.22. The number of carbonyl (C=O) groups excluding carboxylic acids is 1. The van der Waals surface area contributed by atoms with Crippen LogP contribution in [0.2, 0.25) is 0 Å². The smallest absolute Gasteiger partial charge is 0.277 e. The van der Waals surface area contributed by atoms with Gasteiger partial charge in [0, 0.05) is 0 Å². The quantitative estimate of drug-likeness (QED) is 0.286. The zero-order chi connectivity index (χ0) is 19.1. The SMILES string of the molecule is CCC(C)c1ccc(OCC(=O)NN=Cc2cc(I)c(O)c(I)c2)cc1. The van der Waals surface area contributed by atoms with Crippen LogP contribution < -0.4 is 10.2 Å². The molecule has 2 rings (SSSR count). The molecule has 5 nitrogen and oxygen atoms in total. The molecule has 0 aliphatic heterocycles. The molecule has 7 heteroatoms. The number of halogens is 2. The van der Waals surface area contributed by atoms with E-state index in [0.717, 1.165) is 19.1 Å². The zero-order valence-corrected chi connectivity index (χ0v) is 18.8. The third kappa shape index (κ3) is 6.11. The largest absolute Gasteiger partial charge is 0.506 e. The van der Waals surface area contributed by atoms with E-state index >= 15 is 0 Å². The molecular weight excluding hydrogens is 558 g/mol. The highest BCUT2D eigenvalue weighted by Crippen LogP contribution is 2.26. The highest BCUT2D eigenvalue weighted by Gasteiger charge is 2.06. The Balaban J connectivity index is 1.83. The molecule has 0 fully saturated rings. The van der Waals surface area contributed by atoms with Crippen LogP contribution in [0.4, 0.5) is 0 Å². The fraction of sp³-hybridized carbons (Fsp3) is 0.263. The molecule has 0 bridgehead atoms. The Morgan fingerprint density at radius 1 is 1.27 bits per heavy atom. The predicted molar refractivity (Wildman–Crippen MR) is 120 cm³/mol. The summed E-state index contributed by atoms with van der Waals surface area (Å²) in [7, 11) is 0. The van der Waals surface area contributed by atoms with E-state index in [-0.39, 0.29) is 18.3 Å². The van der Waals surface area contributed by atoms with Crippen LogP contribution in [-0.2, 0) is 4.79 Å². The molecule has 1 atom stereocenters. The van der Waals surface area contributed by atoms with Gasteiger partial charge in [-0.3, -0.25) is 4.79 Å². The number of carbonyl (C=O) groups is 1. The number of hydrogen-bond acceptors (Lipinski definition) is 4. The van der Waals surface area contributed by atoms with Crippen LogP contribution in [0, 0.1) is 7.14 Å². The van der Waals surface area contributed by atoms with Crippen molar-refractivity contribution in [2.75, 3.05) is 6.61 Å². The van der Waals surface area contributed by atoms with Crippen molar-refractivity contribution in [1.82, 2.24) is 5.43 Å². The van der Waals surface area contributed by atoms with Gasteiger partial charge in [-0.15, -0.1) is 0 Å². The normalized spacial score (nSPS) is 12.2. The Bertz CT molecular complexity index is 769. The minimum atomic E-state index is -0.338. The lowest BCUT2D eigenvalue weighted by Crippen LogP contribution is -2.24. The van der Waals surface area contributed by atoms with Crippen molar-refractivity contribution >= 4 is 57.3 Å². The van der Waals surface area contributed by atoms with Gasteiger partial charge < -0.3 is 9.84 Å². The first-order valence-corrected chi connectivity index (χ1v) is 10.3. The van der Waals surface area contributed by atoms with Gasteiger partial charge in [-0.25, -0.2) is 5.43 Å². The molecule has 2 aromatic carbocycles. The molecule has 0 heterocycles. The van der Waals surface area contributed by atoms with E-state index in [1.54, 1.807) is 12.1 Å². The Morgan fingerprint density at radius 3 is 2.46 bits per heavy atom. The summed E-state index contributed by atoms with van der Waals surface area (Å²) in [5, 5.41) is 13.7. The first-order valence-electron chi connectivity index (χ1n) is 8.13. The standard InChI is InChI=1S/C19H20I2N2O3/c1-3-12(2)14-4-6-15(7-5-14)26-11-18(24)23-22-10-13-8-16(20)19(25)17(21)9-13/h4-10,12,25H,3,11H2,1-2H3,(H,23,24). The Labute approximate surface area is 180 Å². The van der Waals surface area contributed by atoms with Crippen molar-refractivity contribution in [2.24, 2.45) is 5.10 Å². The fourth-order valence-electron chi connectivity index (χ4n) is 2.15. The molecule has 2 aromatic rings. The average Bonchev–Trinajstić information content (AvgIpc) is 2.64. The van der Waals surface area contributed by atoms with E-state index in [2.05, 4.69) is 24.4 Å². The maximum absolute atomic E-state index is 11.8. The summed E-state index contributed by atoms with van der Waals surface area (Å²) < 4.78 is 6.93. The van der Waals surface area contributed by atoms with Crippen LogP contribution in [0.5, 0.6) is 11.5 Å². The number of nitrogens with one attached hydrogen (secondary N) is 1. The van der Waals surface area contributed by atoms with Gasteiger partial charge in [-0.05, 0) is 92.9 Å². The number of phenols is 1. The molecule has 0 radical (unpaired) electrons. The van der Waals surface area contributed by atoms with Crippen molar-refractivity contribution in [3.8, 4) is 11.5 Å². The first-order chi connectivity index (χ1) is 12.4. The summed E-state index contributed by atoms with van der Waals surface area (Å²) in [6, 6.07) is 11.4. The Morgan fingerprint density at radius 2 is 1.88 bits per heavy atom. The van der Waals surface area contributed by atoms with Crippen LogP contribution in [-0.4, -0.2) is 23.8 Å². The molecule has 0 aromatic heterocycles. The number of aromatic hydroxyl groups is 1. The minimum absolute atomic E-state index is 0.106. The first kappa shape index (κ1) is 20.9.